The summed E-state index contributed by atoms with van der Waals surface area (Å²) in [5.74, 6) is -0.329. The van der Waals surface area contributed by atoms with Crippen LogP contribution in [0.3, 0.4) is 0 Å². The molecule has 12 heavy (non-hydrogen) atoms. The molecule has 1 aliphatic rings. The van der Waals surface area contributed by atoms with E-state index < -0.39 is 10.3 Å². The van der Waals surface area contributed by atoms with Crippen molar-refractivity contribution >= 4 is 37.8 Å². The molecule has 70 valence electrons. The van der Waals surface area contributed by atoms with E-state index in [0.29, 0.717) is 12.3 Å². The maximum absolute atomic E-state index is 11.0. The van der Waals surface area contributed by atoms with Crippen molar-refractivity contribution in [1.82, 2.24) is 0 Å². The van der Waals surface area contributed by atoms with Crippen molar-refractivity contribution in [2.24, 2.45) is 5.92 Å². The number of aliphatic carboxylic acids is 1. The molecule has 0 heterocycles. The van der Waals surface area contributed by atoms with Crippen molar-refractivity contribution < 1.29 is 9.90 Å². The Labute approximate surface area is 89.0 Å². The molecule has 0 aliphatic heterocycles. The zero-order valence-electron chi connectivity index (χ0n) is 6.89. The van der Waals surface area contributed by atoms with Gasteiger partial charge in [-0.15, -0.1) is 0 Å². The Morgan fingerprint density at radius 1 is 1.67 bits per heavy atom. The third-order valence-electron chi connectivity index (χ3n) is 2.49. The van der Waals surface area contributed by atoms with Crippen LogP contribution in [0.5, 0.6) is 0 Å². The van der Waals surface area contributed by atoms with Crippen molar-refractivity contribution in [3.8, 4) is 0 Å². The van der Waals surface area contributed by atoms with Crippen molar-refractivity contribution in [2.75, 3.05) is 0 Å². The van der Waals surface area contributed by atoms with Crippen molar-refractivity contribution in [3.63, 3.8) is 0 Å². The number of carboxylic acids is 1. The minimum absolute atomic E-state index is 0.0382. The SMILES string of the molecule is CC1CCCC(Br)(C(=O)O)C1Br. The second-order valence-electron chi connectivity index (χ2n) is 3.44. The van der Waals surface area contributed by atoms with Crippen LogP contribution in [0.4, 0.5) is 0 Å². The van der Waals surface area contributed by atoms with Crippen LogP contribution in [-0.2, 0) is 4.79 Å². The molecule has 0 radical (unpaired) electrons. The fourth-order valence-corrected chi connectivity index (χ4v) is 3.06. The summed E-state index contributed by atoms with van der Waals surface area (Å²) in [6, 6.07) is 0. The van der Waals surface area contributed by atoms with E-state index in [9.17, 15) is 4.79 Å². The van der Waals surface area contributed by atoms with Crippen LogP contribution in [0.25, 0.3) is 0 Å². The summed E-state index contributed by atoms with van der Waals surface area (Å²) in [6.45, 7) is 2.08. The number of carboxylic acid groups (broad SMARTS) is 1. The first-order valence-electron chi connectivity index (χ1n) is 4.05. The summed E-state index contributed by atoms with van der Waals surface area (Å²) in [4.78, 5) is 11.0. The molecule has 1 fully saturated rings. The summed E-state index contributed by atoms with van der Waals surface area (Å²) in [5, 5.41) is 9.01. The first-order valence-corrected chi connectivity index (χ1v) is 5.75. The van der Waals surface area contributed by atoms with Crippen LogP contribution in [-0.4, -0.2) is 20.2 Å². The van der Waals surface area contributed by atoms with Crippen LogP contribution in [0.1, 0.15) is 26.2 Å². The average molecular weight is 300 g/mol. The molecule has 0 aromatic rings. The second kappa shape index (κ2) is 3.66. The minimum atomic E-state index is -0.754. The Morgan fingerprint density at radius 3 is 2.67 bits per heavy atom. The Kier molecular flexibility index (Phi) is 3.21. The van der Waals surface area contributed by atoms with Gasteiger partial charge in [-0.2, -0.15) is 0 Å². The van der Waals surface area contributed by atoms with Gasteiger partial charge in [-0.3, -0.25) is 4.79 Å². The zero-order valence-corrected chi connectivity index (χ0v) is 10.1. The third kappa shape index (κ3) is 1.69. The number of halogens is 2. The van der Waals surface area contributed by atoms with Crippen molar-refractivity contribution in [2.45, 2.75) is 35.3 Å². The fraction of sp³-hybridized carbons (Fsp3) is 0.875. The molecule has 3 unspecified atom stereocenters. The van der Waals surface area contributed by atoms with E-state index in [0.717, 1.165) is 12.8 Å². The molecule has 0 bridgehead atoms. The molecule has 1 saturated carbocycles. The molecule has 0 spiro atoms. The monoisotopic (exact) mass is 298 g/mol. The van der Waals surface area contributed by atoms with Gasteiger partial charge in [0.1, 0.15) is 4.32 Å². The van der Waals surface area contributed by atoms with Crippen LogP contribution in [0, 0.1) is 5.92 Å². The van der Waals surface area contributed by atoms with E-state index >= 15 is 0 Å². The third-order valence-corrected chi connectivity index (χ3v) is 6.02. The van der Waals surface area contributed by atoms with Crippen molar-refractivity contribution in [3.05, 3.63) is 0 Å². The number of alkyl halides is 2. The Hall–Kier alpha value is 0.430. The number of carbonyl (C=O) groups is 1. The molecule has 3 atom stereocenters. The number of hydrogen-bond acceptors (Lipinski definition) is 1. The first-order chi connectivity index (χ1) is 5.48. The van der Waals surface area contributed by atoms with Gasteiger partial charge in [-0.05, 0) is 18.8 Å². The lowest BCUT2D eigenvalue weighted by molar-refractivity contribution is -0.140. The number of hydrogen-bond donors (Lipinski definition) is 1. The summed E-state index contributed by atoms with van der Waals surface area (Å²) in [7, 11) is 0. The van der Waals surface area contributed by atoms with Gasteiger partial charge in [-0.25, -0.2) is 0 Å². The van der Waals surface area contributed by atoms with E-state index in [1.807, 2.05) is 0 Å². The minimum Gasteiger partial charge on any atom is -0.480 e. The molecule has 1 rings (SSSR count). The van der Waals surface area contributed by atoms with E-state index in [2.05, 4.69) is 38.8 Å². The molecule has 0 aromatic carbocycles. The van der Waals surface area contributed by atoms with Gasteiger partial charge in [-0.1, -0.05) is 45.2 Å². The highest BCUT2D eigenvalue weighted by molar-refractivity contribution is 9.12. The lowest BCUT2D eigenvalue weighted by atomic mass is 9.82. The van der Waals surface area contributed by atoms with Gasteiger partial charge in [0, 0.05) is 4.83 Å². The maximum Gasteiger partial charge on any atom is 0.321 e. The quantitative estimate of drug-likeness (QED) is 0.756. The largest absolute Gasteiger partial charge is 0.480 e. The van der Waals surface area contributed by atoms with Crippen LogP contribution >= 0.6 is 31.9 Å². The zero-order chi connectivity index (χ0) is 9.35. The Morgan fingerprint density at radius 2 is 2.25 bits per heavy atom. The van der Waals surface area contributed by atoms with Gasteiger partial charge < -0.3 is 5.11 Å². The topological polar surface area (TPSA) is 37.3 Å². The second-order valence-corrected chi connectivity index (χ2v) is 5.84. The molecule has 1 N–H and O–H groups in total. The molecule has 4 heteroatoms. The predicted molar refractivity (Wildman–Crippen MR) is 55.0 cm³/mol. The van der Waals surface area contributed by atoms with Gasteiger partial charge >= 0.3 is 5.97 Å². The van der Waals surface area contributed by atoms with Gasteiger partial charge in [0.05, 0.1) is 0 Å². The Balaban J connectivity index is 2.81. The summed E-state index contributed by atoms with van der Waals surface area (Å²) in [6.07, 6.45) is 2.81. The summed E-state index contributed by atoms with van der Waals surface area (Å²) >= 11 is 6.77. The van der Waals surface area contributed by atoms with E-state index in [1.165, 1.54) is 0 Å². The van der Waals surface area contributed by atoms with Gasteiger partial charge in [0.15, 0.2) is 0 Å². The van der Waals surface area contributed by atoms with Crippen LogP contribution in [0.15, 0.2) is 0 Å². The summed E-state index contributed by atoms with van der Waals surface area (Å²) in [5.41, 5.74) is 0. The molecule has 0 amide bonds. The van der Waals surface area contributed by atoms with Crippen molar-refractivity contribution in [1.29, 1.82) is 0 Å². The van der Waals surface area contributed by atoms with E-state index in [1.54, 1.807) is 0 Å². The molecule has 2 nitrogen and oxygen atoms in total. The number of rotatable bonds is 1. The highest BCUT2D eigenvalue weighted by Crippen LogP contribution is 2.43. The highest BCUT2D eigenvalue weighted by atomic mass is 79.9. The van der Waals surface area contributed by atoms with Crippen LogP contribution < -0.4 is 0 Å². The molecular formula is C8H12Br2O2. The van der Waals surface area contributed by atoms with Crippen LogP contribution in [0.2, 0.25) is 0 Å². The van der Waals surface area contributed by atoms with Gasteiger partial charge in [0.25, 0.3) is 0 Å². The first kappa shape index (κ1) is 10.5. The predicted octanol–water partition coefficient (Wildman–Crippen LogP) is 2.79. The van der Waals surface area contributed by atoms with E-state index in [4.69, 9.17) is 5.11 Å². The highest BCUT2D eigenvalue weighted by Gasteiger charge is 2.46. The average Bonchev–Trinajstić information content (AvgIpc) is 2.00. The standard InChI is InChI=1S/C8H12Br2O2/c1-5-3-2-4-8(10,6(5)9)7(11)12/h5-6H,2-4H2,1H3,(H,11,12). The lowest BCUT2D eigenvalue weighted by Gasteiger charge is -2.36. The molecule has 1 aliphatic carbocycles. The summed E-state index contributed by atoms with van der Waals surface area (Å²) < 4.78 is -0.745. The smallest absolute Gasteiger partial charge is 0.321 e. The fourth-order valence-electron chi connectivity index (χ4n) is 1.64. The molecule has 0 aromatic heterocycles. The molecule has 0 saturated heterocycles. The normalized spacial score (nSPS) is 42.6. The maximum atomic E-state index is 11.0. The van der Waals surface area contributed by atoms with Gasteiger partial charge in [0.2, 0.25) is 0 Å². The van der Waals surface area contributed by atoms with E-state index in [-0.39, 0.29) is 4.83 Å². The Bertz CT molecular complexity index is 195. The molecular weight excluding hydrogens is 288 g/mol. The lowest BCUT2D eigenvalue weighted by Crippen LogP contribution is -2.46.